The number of aryl methyl sites for hydroxylation is 2. The number of nitrogens with one attached hydrogen (secondary N) is 1. The minimum atomic E-state index is -0.568. The molecule has 2 amide bonds. The Hall–Kier alpha value is -3.07. The second-order valence-electron chi connectivity index (χ2n) is 9.10. The maximum atomic E-state index is 14.9. The molecule has 0 radical (unpaired) electrons. The van der Waals surface area contributed by atoms with Gasteiger partial charge in [0.25, 0.3) is 5.91 Å². The molecule has 4 heterocycles. The van der Waals surface area contributed by atoms with Gasteiger partial charge in [-0.1, -0.05) is 11.6 Å². The second-order valence-corrected chi connectivity index (χ2v) is 9.48. The van der Waals surface area contributed by atoms with Gasteiger partial charge in [-0.25, -0.2) is 9.37 Å². The van der Waals surface area contributed by atoms with Crippen molar-refractivity contribution in [1.29, 1.82) is 0 Å². The fourth-order valence-electron chi connectivity index (χ4n) is 4.61. The third kappa shape index (κ3) is 3.91. The first-order valence-electron chi connectivity index (χ1n) is 11.3. The van der Waals surface area contributed by atoms with E-state index in [4.69, 9.17) is 25.8 Å². The smallest absolute Gasteiger partial charge is 0.262 e. The number of nitrogens with zero attached hydrogens (tertiary/aromatic N) is 2. The number of pyridine rings is 1. The molecule has 1 fully saturated rings. The van der Waals surface area contributed by atoms with Crippen LogP contribution in [0.1, 0.15) is 48.2 Å². The van der Waals surface area contributed by atoms with E-state index in [2.05, 4.69) is 10.3 Å². The fraction of sp³-hybridized carbons (Fsp3) is 0.458. The number of ether oxygens (including phenoxy) is 3. The van der Waals surface area contributed by atoms with Crippen LogP contribution in [0.15, 0.2) is 12.3 Å². The molecule has 5 rings (SSSR count). The van der Waals surface area contributed by atoms with E-state index >= 15 is 0 Å². The fourth-order valence-corrected chi connectivity index (χ4v) is 4.87. The molecule has 3 aliphatic rings. The van der Waals surface area contributed by atoms with Gasteiger partial charge in [0.2, 0.25) is 11.8 Å². The number of benzene rings is 1. The first-order valence-corrected chi connectivity index (χ1v) is 11.7. The van der Waals surface area contributed by atoms with Crippen LogP contribution in [0.25, 0.3) is 0 Å². The zero-order chi connectivity index (χ0) is 24.1. The summed E-state index contributed by atoms with van der Waals surface area (Å²) in [5.74, 6) is -0.609. The third-order valence-corrected chi connectivity index (χ3v) is 6.58. The zero-order valence-electron chi connectivity index (χ0n) is 19.1. The molecule has 3 aliphatic heterocycles. The van der Waals surface area contributed by atoms with Gasteiger partial charge in [0, 0.05) is 19.0 Å². The minimum absolute atomic E-state index is 0.0878. The lowest BCUT2D eigenvalue weighted by Gasteiger charge is -2.22. The summed E-state index contributed by atoms with van der Waals surface area (Å²) in [6, 6.07) is 1.27. The molecule has 34 heavy (non-hydrogen) atoms. The number of hydrogen-bond acceptors (Lipinski definition) is 6. The molecule has 2 atom stereocenters. The molecule has 1 N–H and O–H groups in total. The molecular formula is C24H25ClFN3O5. The summed E-state index contributed by atoms with van der Waals surface area (Å²) < 4.78 is 32.7. The molecule has 1 saturated heterocycles. The standard InChI is InChI=1S/C24H25ClFN3O5/c1-11(2)33-22-18-16(6-12(3)20(22)26)32-10-14-7-15(9-29(14)24(18)31)34-23-19(25)21-13(8-27-23)4-5-17(30)28-21/h6,8,11,14-15H,4-5,7,9-10H2,1-3H3,(H,28,30)/t14-,15+/m1/s1. The predicted molar refractivity (Wildman–Crippen MR) is 122 cm³/mol. The Morgan fingerprint density at radius 1 is 1.32 bits per heavy atom. The van der Waals surface area contributed by atoms with Crippen molar-refractivity contribution in [3.8, 4) is 17.4 Å². The van der Waals surface area contributed by atoms with E-state index in [1.165, 1.54) is 6.07 Å². The highest BCUT2D eigenvalue weighted by atomic mass is 35.5. The molecule has 8 nitrogen and oxygen atoms in total. The van der Waals surface area contributed by atoms with Crippen LogP contribution in [0.4, 0.5) is 10.1 Å². The van der Waals surface area contributed by atoms with Gasteiger partial charge in [-0.3, -0.25) is 9.59 Å². The van der Waals surface area contributed by atoms with Crippen molar-refractivity contribution in [1.82, 2.24) is 9.88 Å². The summed E-state index contributed by atoms with van der Waals surface area (Å²) in [5, 5.41) is 3.02. The lowest BCUT2D eigenvalue weighted by atomic mass is 10.1. The lowest BCUT2D eigenvalue weighted by molar-refractivity contribution is -0.116. The van der Waals surface area contributed by atoms with Gasteiger partial charge in [-0.2, -0.15) is 0 Å². The van der Waals surface area contributed by atoms with Gasteiger partial charge in [-0.15, -0.1) is 0 Å². The number of fused-ring (bicyclic) bond motifs is 3. The predicted octanol–water partition coefficient (Wildman–Crippen LogP) is 3.91. The summed E-state index contributed by atoms with van der Waals surface area (Å²) in [4.78, 5) is 31.3. The van der Waals surface area contributed by atoms with Crippen molar-refractivity contribution in [2.24, 2.45) is 0 Å². The third-order valence-electron chi connectivity index (χ3n) is 6.23. The average Bonchev–Trinajstić information content (AvgIpc) is 3.14. The normalized spacial score (nSPS) is 21.3. The van der Waals surface area contributed by atoms with E-state index < -0.39 is 11.9 Å². The quantitative estimate of drug-likeness (QED) is 0.700. The van der Waals surface area contributed by atoms with Gasteiger partial charge in [0.05, 0.1) is 24.4 Å². The van der Waals surface area contributed by atoms with Crippen LogP contribution in [0.3, 0.4) is 0 Å². The molecule has 1 aromatic heterocycles. The maximum Gasteiger partial charge on any atom is 0.262 e. The largest absolute Gasteiger partial charge is 0.490 e. The molecular weight excluding hydrogens is 465 g/mol. The average molecular weight is 490 g/mol. The van der Waals surface area contributed by atoms with Gasteiger partial charge in [0.15, 0.2) is 11.6 Å². The topological polar surface area (TPSA) is 90.0 Å². The number of rotatable bonds is 4. The van der Waals surface area contributed by atoms with Crippen LogP contribution in [-0.2, 0) is 11.2 Å². The number of amides is 2. The molecule has 2 aromatic rings. The molecule has 180 valence electrons. The summed E-state index contributed by atoms with van der Waals surface area (Å²) in [7, 11) is 0. The van der Waals surface area contributed by atoms with Crippen molar-refractivity contribution >= 4 is 29.1 Å². The number of hydrogen-bond donors (Lipinski definition) is 1. The highest BCUT2D eigenvalue weighted by Crippen LogP contribution is 2.41. The molecule has 0 unspecified atom stereocenters. The van der Waals surface area contributed by atoms with E-state index in [1.54, 1.807) is 31.9 Å². The van der Waals surface area contributed by atoms with E-state index in [0.29, 0.717) is 36.3 Å². The number of carbonyl (C=O) groups excluding carboxylic acids is 2. The van der Waals surface area contributed by atoms with Crippen molar-refractivity contribution in [3.05, 3.63) is 39.8 Å². The summed E-state index contributed by atoms with van der Waals surface area (Å²) in [6.07, 6.45) is 2.37. The lowest BCUT2D eigenvalue weighted by Crippen LogP contribution is -2.37. The molecule has 0 saturated carbocycles. The van der Waals surface area contributed by atoms with Crippen LogP contribution in [-0.4, -0.2) is 53.1 Å². The van der Waals surface area contributed by atoms with E-state index in [1.807, 2.05) is 0 Å². The monoisotopic (exact) mass is 489 g/mol. The van der Waals surface area contributed by atoms with Gasteiger partial charge in [0.1, 0.15) is 29.0 Å². The van der Waals surface area contributed by atoms with Crippen LogP contribution in [0.2, 0.25) is 5.02 Å². The SMILES string of the molecule is Cc1cc2c(c(OC(C)C)c1F)C(=O)N1C[C@@H](Oc3ncc4c(c3Cl)NC(=O)CC4)C[C@@H]1CO2. The van der Waals surface area contributed by atoms with Gasteiger partial charge >= 0.3 is 0 Å². The van der Waals surface area contributed by atoms with E-state index in [0.717, 1.165) is 5.56 Å². The van der Waals surface area contributed by atoms with Crippen LogP contribution < -0.4 is 19.5 Å². The highest BCUT2D eigenvalue weighted by Gasteiger charge is 2.43. The summed E-state index contributed by atoms with van der Waals surface area (Å²) >= 11 is 6.48. The van der Waals surface area contributed by atoms with E-state index in [9.17, 15) is 14.0 Å². The zero-order valence-corrected chi connectivity index (χ0v) is 19.9. The van der Waals surface area contributed by atoms with Crippen LogP contribution >= 0.6 is 11.6 Å². The van der Waals surface area contributed by atoms with Crippen molar-refractivity contribution in [2.75, 3.05) is 18.5 Å². The molecule has 10 heteroatoms. The molecule has 0 bridgehead atoms. The number of anilines is 1. The van der Waals surface area contributed by atoms with E-state index in [-0.39, 0.29) is 59.3 Å². The maximum absolute atomic E-state index is 14.9. The Labute approximate surface area is 201 Å². The molecule has 1 aromatic carbocycles. The second kappa shape index (κ2) is 8.61. The Kier molecular flexibility index (Phi) is 5.75. The first kappa shape index (κ1) is 22.7. The summed E-state index contributed by atoms with van der Waals surface area (Å²) in [6.45, 7) is 5.66. The Bertz CT molecular complexity index is 1190. The van der Waals surface area contributed by atoms with Crippen LogP contribution in [0, 0.1) is 12.7 Å². The number of halogens is 2. The van der Waals surface area contributed by atoms with Gasteiger partial charge < -0.3 is 24.4 Å². The molecule has 0 aliphatic carbocycles. The number of aromatic nitrogens is 1. The Morgan fingerprint density at radius 3 is 2.88 bits per heavy atom. The first-order chi connectivity index (χ1) is 16.2. The minimum Gasteiger partial charge on any atom is -0.490 e. The highest BCUT2D eigenvalue weighted by molar-refractivity contribution is 6.35. The van der Waals surface area contributed by atoms with Crippen LogP contribution in [0.5, 0.6) is 17.4 Å². The molecule has 0 spiro atoms. The van der Waals surface area contributed by atoms with Gasteiger partial charge in [-0.05, 0) is 44.4 Å². The van der Waals surface area contributed by atoms with Crippen molar-refractivity contribution in [2.45, 2.75) is 58.3 Å². The van der Waals surface area contributed by atoms with Crippen molar-refractivity contribution < 1.29 is 28.2 Å². The Morgan fingerprint density at radius 2 is 2.12 bits per heavy atom. The number of carbonyl (C=O) groups is 2. The van der Waals surface area contributed by atoms with Crippen molar-refractivity contribution in [3.63, 3.8) is 0 Å². The Balaban J connectivity index is 1.40. The summed E-state index contributed by atoms with van der Waals surface area (Å²) in [5.41, 5.74) is 1.82.